The van der Waals surface area contributed by atoms with Crippen molar-refractivity contribution in [3.05, 3.63) is 29.8 Å². The van der Waals surface area contributed by atoms with Gasteiger partial charge in [0.25, 0.3) is 0 Å². The first-order chi connectivity index (χ1) is 9.84. The maximum atomic E-state index is 5.95. The Hall–Kier alpha value is -1.06. The molecule has 0 radical (unpaired) electrons. The Morgan fingerprint density at radius 3 is 2.95 bits per heavy atom. The zero-order valence-corrected chi connectivity index (χ0v) is 12.5. The number of rotatable bonds is 5. The van der Waals surface area contributed by atoms with Crippen LogP contribution in [0.5, 0.6) is 5.75 Å². The fourth-order valence-electron chi connectivity index (χ4n) is 3.62. The van der Waals surface area contributed by atoms with Crippen LogP contribution in [-0.4, -0.2) is 43.2 Å². The van der Waals surface area contributed by atoms with Crippen LogP contribution >= 0.6 is 0 Å². The molecule has 2 saturated heterocycles. The summed E-state index contributed by atoms with van der Waals surface area (Å²) in [5.41, 5.74) is 1.22. The van der Waals surface area contributed by atoms with E-state index >= 15 is 0 Å². The summed E-state index contributed by atoms with van der Waals surface area (Å²) in [4.78, 5) is 2.63. The Labute approximate surface area is 122 Å². The number of hydrogen-bond donors (Lipinski definition) is 1. The lowest BCUT2D eigenvalue weighted by Crippen LogP contribution is -2.45. The van der Waals surface area contributed by atoms with Gasteiger partial charge in [0.15, 0.2) is 0 Å². The predicted octanol–water partition coefficient (Wildman–Crippen LogP) is 2.59. The summed E-state index contributed by atoms with van der Waals surface area (Å²) < 4.78 is 5.95. The number of nitrogens with zero attached hydrogens (tertiary/aromatic N) is 1. The molecule has 0 aliphatic carbocycles. The van der Waals surface area contributed by atoms with E-state index < -0.39 is 0 Å². The minimum absolute atomic E-state index is 0.718. The third-order valence-electron chi connectivity index (χ3n) is 4.71. The van der Waals surface area contributed by atoms with Gasteiger partial charge < -0.3 is 10.1 Å². The quantitative estimate of drug-likeness (QED) is 0.893. The zero-order valence-electron chi connectivity index (χ0n) is 12.5. The van der Waals surface area contributed by atoms with Gasteiger partial charge >= 0.3 is 0 Å². The summed E-state index contributed by atoms with van der Waals surface area (Å²) in [6.45, 7) is 6.40. The first kappa shape index (κ1) is 13.9. The minimum Gasteiger partial charge on any atom is -0.492 e. The molecular weight excluding hydrogens is 248 g/mol. The second-order valence-corrected chi connectivity index (χ2v) is 6.06. The van der Waals surface area contributed by atoms with Gasteiger partial charge in [0.1, 0.15) is 12.4 Å². The molecule has 0 amide bonds. The molecule has 1 aromatic carbocycles. The molecule has 3 heteroatoms. The third kappa shape index (κ3) is 3.15. The van der Waals surface area contributed by atoms with E-state index in [2.05, 4.69) is 35.3 Å². The van der Waals surface area contributed by atoms with E-state index in [0.29, 0.717) is 0 Å². The Balaban J connectivity index is 1.49. The SMILES string of the molecule is Cc1ccccc1OCCN1CCCC1C1CCCN1. The van der Waals surface area contributed by atoms with Gasteiger partial charge in [-0.3, -0.25) is 4.90 Å². The van der Waals surface area contributed by atoms with E-state index in [-0.39, 0.29) is 0 Å². The third-order valence-corrected chi connectivity index (χ3v) is 4.71. The van der Waals surface area contributed by atoms with Crippen molar-refractivity contribution in [2.45, 2.75) is 44.7 Å². The van der Waals surface area contributed by atoms with E-state index in [0.717, 1.165) is 31.0 Å². The average Bonchev–Trinajstić information content (AvgIpc) is 3.11. The molecule has 1 N–H and O–H groups in total. The van der Waals surface area contributed by atoms with Crippen molar-refractivity contribution in [1.29, 1.82) is 0 Å². The smallest absolute Gasteiger partial charge is 0.122 e. The van der Waals surface area contributed by atoms with Gasteiger partial charge in [-0.2, -0.15) is 0 Å². The molecule has 20 heavy (non-hydrogen) atoms. The highest BCUT2D eigenvalue weighted by molar-refractivity contribution is 5.31. The molecule has 3 nitrogen and oxygen atoms in total. The van der Waals surface area contributed by atoms with Crippen LogP contribution in [0.4, 0.5) is 0 Å². The Kier molecular flexibility index (Phi) is 4.58. The molecule has 0 saturated carbocycles. The van der Waals surface area contributed by atoms with Crippen molar-refractivity contribution < 1.29 is 4.74 Å². The van der Waals surface area contributed by atoms with Crippen LogP contribution in [0.1, 0.15) is 31.2 Å². The van der Waals surface area contributed by atoms with E-state index in [9.17, 15) is 0 Å². The summed E-state index contributed by atoms with van der Waals surface area (Å²) in [7, 11) is 0. The van der Waals surface area contributed by atoms with Gasteiger partial charge in [-0.15, -0.1) is 0 Å². The number of ether oxygens (including phenoxy) is 1. The monoisotopic (exact) mass is 274 g/mol. The summed E-state index contributed by atoms with van der Waals surface area (Å²) in [5.74, 6) is 1.03. The number of aryl methyl sites for hydroxylation is 1. The molecule has 2 aliphatic rings. The predicted molar refractivity (Wildman–Crippen MR) is 82.3 cm³/mol. The number of para-hydroxylation sites is 1. The molecule has 2 atom stereocenters. The molecule has 2 aliphatic heterocycles. The lowest BCUT2D eigenvalue weighted by Gasteiger charge is -2.29. The summed E-state index contributed by atoms with van der Waals surface area (Å²) in [5, 5.41) is 3.66. The maximum absolute atomic E-state index is 5.95. The molecule has 2 heterocycles. The van der Waals surface area contributed by atoms with Gasteiger partial charge in [0.2, 0.25) is 0 Å². The Morgan fingerprint density at radius 1 is 1.25 bits per heavy atom. The Morgan fingerprint density at radius 2 is 2.15 bits per heavy atom. The van der Waals surface area contributed by atoms with Gasteiger partial charge in [-0.25, -0.2) is 0 Å². The topological polar surface area (TPSA) is 24.5 Å². The number of likely N-dealkylation sites (tertiary alicyclic amines) is 1. The molecule has 0 spiro atoms. The van der Waals surface area contributed by atoms with Crippen LogP contribution in [0.3, 0.4) is 0 Å². The molecule has 1 aromatic rings. The van der Waals surface area contributed by atoms with Crippen molar-refractivity contribution >= 4 is 0 Å². The van der Waals surface area contributed by atoms with Crippen molar-refractivity contribution in [3.8, 4) is 5.75 Å². The van der Waals surface area contributed by atoms with Crippen LogP contribution in [0.15, 0.2) is 24.3 Å². The molecule has 110 valence electrons. The van der Waals surface area contributed by atoms with Crippen LogP contribution in [0, 0.1) is 6.92 Å². The first-order valence-corrected chi connectivity index (χ1v) is 8.00. The summed E-state index contributed by atoms with van der Waals surface area (Å²) >= 11 is 0. The summed E-state index contributed by atoms with van der Waals surface area (Å²) in [6, 6.07) is 9.73. The lowest BCUT2D eigenvalue weighted by molar-refractivity contribution is 0.174. The largest absolute Gasteiger partial charge is 0.492 e. The first-order valence-electron chi connectivity index (χ1n) is 8.00. The van der Waals surface area contributed by atoms with Crippen molar-refractivity contribution in [2.75, 3.05) is 26.2 Å². The van der Waals surface area contributed by atoms with E-state index in [1.807, 2.05) is 6.07 Å². The molecule has 0 bridgehead atoms. The molecule has 2 fully saturated rings. The standard InChI is InChI=1S/C17H26N2O/c1-14-6-2-3-9-17(14)20-13-12-19-11-5-8-16(19)15-7-4-10-18-15/h2-3,6,9,15-16,18H,4-5,7-8,10-13H2,1H3. The highest BCUT2D eigenvalue weighted by Gasteiger charge is 2.32. The van der Waals surface area contributed by atoms with E-state index in [1.54, 1.807) is 0 Å². The number of benzene rings is 1. The zero-order chi connectivity index (χ0) is 13.8. The van der Waals surface area contributed by atoms with Crippen molar-refractivity contribution in [2.24, 2.45) is 0 Å². The van der Waals surface area contributed by atoms with Gasteiger partial charge in [0.05, 0.1) is 0 Å². The number of nitrogens with one attached hydrogen (secondary N) is 1. The highest BCUT2D eigenvalue weighted by atomic mass is 16.5. The van der Waals surface area contributed by atoms with Gasteiger partial charge in [-0.05, 0) is 57.3 Å². The normalized spacial score (nSPS) is 27.1. The molecule has 0 aromatic heterocycles. The second-order valence-electron chi connectivity index (χ2n) is 6.06. The van der Waals surface area contributed by atoms with E-state index in [4.69, 9.17) is 4.74 Å². The van der Waals surface area contributed by atoms with Crippen molar-refractivity contribution in [3.63, 3.8) is 0 Å². The maximum Gasteiger partial charge on any atom is 0.122 e. The average molecular weight is 274 g/mol. The van der Waals surface area contributed by atoms with Crippen LogP contribution in [0.25, 0.3) is 0 Å². The molecule has 3 rings (SSSR count). The Bertz CT molecular complexity index is 429. The lowest BCUT2D eigenvalue weighted by atomic mass is 10.0. The molecule has 2 unspecified atom stereocenters. The summed E-state index contributed by atoms with van der Waals surface area (Å²) in [6.07, 6.45) is 5.38. The van der Waals surface area contributed by atoms with Crippen LogP contribution < -0.4 is 10.1 Å². The van der Waals surface area contributed by atoms with Gasteiger partial charge in [0, 0.05) is 18.6 Å². The van der Waals surface area contributed by atoms with Crippen molar-refractivity contribution in [1.82, 2.24) is 10.2 Å². The van der Waals surface area contributed by atoms with Crippen LogP contribution in [0.2, 0.25) is 0 Å². The number of hydrogen-bond acceptors (Lipinski definition) is 3. The highest BCUT2D eigenvalue weighted by Crippen LogP contribution is 2.24. The van der Waals surface area contributed by atoms with Crippen LogP contribution in [-0.2, 0) is 0 Å². The van der Waals surface area contributed by atoms with E-state index in [1.165, 1.54) is 44.3 Å². The fourth-order valence-corrected chi connectivity index (χ4v) is 3.62. The van der Waals surface area contributed by atoms with Gasteiger partial charge in [-0.1, -0.05) is 18.2 Å². The molecular formula is C17H26N2O. The second kappa shape index (κ2) is 6.59. The fraction of sp³-hybridized carbons (Fsp3) is 0.647. The minimum atomic E-state index is 0.718.